The summed E-state index contributed by atoms with van der Waals surface area (Å²) in [6.45, 7) is 0.638. The number of aromatic carboxylic acids is 1. The second-order valence-corrected chi connectivity index (χ2v) is 4.63. The highest BCUT2D eigenvalue weighted by Crippen LogP contribution is 2.31. The molecular formula is C14H18O4. The Balaban J connectivity index is 2.08. The molecule has 0 bridgehead atoms. The summed E-state index contributed by atoms with van der Waals surface area (Å²) in [5.74, 6) is 0.730. The molecule has 1 saturated carbocycles. The molecule has 98 valence electrons. The van der Waals surface area contributed by atoms with Gasteiger partial charge in [-0.05, 0) is 37.0 Å². The third kappa shape index (κ3) is 2.94. The number of ether oxygens (including phenoxy) is 2. The van der Waals surface area contributed by atoms with Gasteiger partial charge in [0.15, 0.2) is 11.5 Å². The minimum atomic E-state index is -0.955. The van der Waals surface area contributed by atoms with Gasteiger partial charge in [-0.15, -0.1) is 0 Å². The first kappa shape index (κ1) is 12.7. The zero-order valence-corrected chi connectivity index (χ0v) is 10.5. The maximum atomic E-state index is 10.9. The molecule has 0 radical (unpaired) electrons. The maximum absolute atomic E-state index is 10.9. The largest absolute Gasteiger partial charge is 0.493 e. The molecule has 1 aromatic carbocycles. The van der Waals surface area contributed by atoms with Crippen LogP contribution in [0.4, 0.5) is 0 Å². The number of methoxy groups -OCH3 is 1. The topological polar surface area (TPSA) is 55.8 Å². The van der Waals surface area contributed by atoms with Gasteiger partial charge in [0.2, 0.25) is 0 Å². The van der Waals surface area contributed by atoms with E-state index in [1.54, 1.807) is 13.2 Å². The van der Waals surface area contributed by atoms with Crippen LogP contribution in [0.5, 0.6) is 11.5 Å². The van der Waals surface area contributed by atoms with E-state index in [4.69, 9.17) is 14.6 Å². The third-order valence-electron chi connectivity index (χ3n) is 3.36. The van der Waals surface area contributed by atoms with Crippen molar-refractivity contribution in [3.8, 4) is 11.5 Å². The molecule has 0 heterocycles. The van der Waals surface area contributed by atoms with Gasteiger partial charge in [0, 0.05) is 0 Å². The van der Waals surface area contributed by atoms with Gasteiger partial charge >= 0.3 is 5.97 Å². The van der Waals surface area contributed by atoms with Crippen molar-refractivity contribution in [1.29, 1.82) is 0 Å². The standard InChI is InChI=1S/C14H18O4/c1-17-12-7-6-11(14(15)16)8-13(12)18-9-10-4-2-3-5-10/h6-8,10H,2-5,9H2,1H3,(H,15,16). The zero-order chi connectivity index (χ0) is 13.0. The summed E-state index contributed by atoms with van der Waals surface area (Å²) < 4.78 is 10.9. The molecule has 4 nitrogen and oxygen atoms in total. The van der Waals surface area contributed by atoms with E-state index in [1.165, 1.54) is 37.8 Å². The number of hydrogen-bond donors (Lipinski definition) is 1. The summed E-state index contributed by atoms with van der Waals surface area (Å²) in [6.07, 6.45) is 4.92. The third-order valence-corrected chi connectivity index (χ3v) is 3.36. The molecule has 0 saturated heterocycles. The summed E-state index contributed by atoms with van der Waals surface area (Å²) in [5, 5.41) is 8.96. The van der Waals surface area contributed by atoms with Gasteiger partial charge < -0.3 is 14.6 Å². The minimum Gasteiger partial charge on any atom is -0.493 e. The fraction of sp³-hybridized carbons (Fsp3) is 0.500. The molecule has 0 spiro atoms. The van der Waals surface area contributed by atoms with E-state index >= 15 is 0 Å². The molecule has 18 heavy (non-hydrogen) atoms. The molecule has 1 N–H and O–H groups in total. The lowest BCUT2D eigenvalue weighted by atomic mass is 10.1. The maximum Gasteiger partial charge on any atom is 0.335 e. The highest BCUT2D eigenvalue weighted by atomic mass is 16.5. The van der Waals surface area contributed by atoms with Crippen LogP contribution in [0.25, 0.3) is 0 Å². The number of hydrogen-bond acceptors (Lipinski definition) is 3. The Kier molecular flexibility index (Phi) is 4.07. The van der Waals surface area contributed by atoms with Crippen molar-refractivity contribution in [2.45, 2.75) is 25.7 Å². The number of rotatable bonds is 5. The highest BCUT2D eigenvalue weighted by molar-refractivity contribution is 5.88. The molecule has 0 unspecified atom stereocenters. The molecule has 0 aromatic heterocycles. The van der Waals surface area contributed by atoms with Crippen LogP contribution in [0.15, 0.2) is 18.2 Å². The van der Waals surface area contributed by atoms with Crippen molar-refractivity contribution in [1.82, 2.24) is 0 Å². The molecule has 0 amide bonds. The van der Waals surface area contributed by atoms with Crippen LogP contribution in [0.3, 0.4) is 0 Å². The molecule has 2 rings (SSSR count). The van der Waals surface area contributed by atoms with Gasteiger partial charge in [-0.3, -0.25) is 0 Å². The predicted molar refractivity (Wildman–Crippen MR) is 67.4 cm³/mol. The fourth-order valence-corrected chi connectivity index (χ4v) is 2.31. The summed E-state index contributed by atoms with van der Waals surface area (Å²) in [5.41, 5.74) is 0.220. The van der Waals surface area contributed by atoms with Crippen molar-refractivity contribution >= 4 is 5.97 Å². The monoisotopic (exact) mass is 250 g/mol. The molecule has 1 aliphatic carbocycles. The molecule has 1 aromatic rings. The lowest BCUT2D eigenvalue weighted by Crippen LogP contribution is -2.09. The van der Waals surface area contributed by atoms with E-state index in [9.17, 15) is 4.79 Å². The Bertz CT molecular complexity index is 422. The number of benzene rings is 1. The van der Waals surface area contributed by atoms with Gasteiger partial charge in [-0.1, -0.05) is 12.8 Å². The predicted octanol–water partition coefficient (Wildman–Crippen LogP) is 2.96. The van der Waals surface area contributed by atoms with Gasteiger partial charge in [-0.25, -0.2) is 4.79 Å². The van der Waals surface area contributed by atoms with E-state index in [1.807, 2.05) is 0 Å². The van der Waals surface area contributed by atoms with Crippen LogP contribution in [0.2, 0.25) is 0 Å². The van der Waals surface area contributed by atoms with Crippen LogP contribution in [0, 0.1) is 5.92 Å². The Morgan fingerprint density at radius 1 is 1.33 bits per heavy atom. The normalized spacial score (nSPS) is 15.6. The smallest absolute Gasteiger partial charge is 0.335 e. The molecule has 0 atom stereocenters. The minimum absolute atomic E-state index is 0.220. The van der Waals surface area contributed by atoms with E-state index < -0.39 is 5.97 Å². The summed E-state index contributed by atoms with van der Waals surface area (Å²) in [4.78, 5) is 10.9. The first-order valence-corrected chi connectivity index (χ1v) is 6.25. The number of carboxylic acids is 1. The van der Waals surface area contributed by atoms with Gasteiger partial charge in [0.1, 0.15) is 0 Å². The Hall–Kier alpha value is -1.71. The van der Waals surface area contributed by atoms with Gasteiger partial charge in [-0.2, -0.15) is 0 Å². The Labute approximate surface area is 107 Å². The fourth-order valence-electron chi connectivity index (χ4n) is 2.31. The summed E-state index contributed by atoms with van der Waals surface area (Å²) >= 11 is 0. The van der Waals surface area contributed by atoms with E-state index in [-0.39, 0.29) is 5.56 Å². The van der Waals surface area contributed by atoms with Crippen LogP contribution in [-0.2, 0) is 0 Å². The second kappa shape index (κ2) is 5.76. The van der Waals surface area contributed by atoms with Crippen LogP contribution < -0.4 is 9.47 Å². The molecular weight excluding hydrogens is 232 g/mol. The van der Waals surface area contributed by atoms with Gasteiger partial charge in [0.25, 0.3) is 0 Å². The number of carbonyl (C=O) groups is 1. The summed E-state index contributed by atoms with van der Waals surface area (Å²) in [6, 6.07) is 4.67. The SMILES string of the molecule is COc1ccc(C(=O)O)cc1OCC1CCCC1. The van der Waals surface area contributed by atoms with Crippen molar-refractivity contribution < 1.29 is 19.4 Å². The van der Waals surface area contributed by atoms with Crippen molar-refractivity contribution in [3.63, 3.8) is 0 Å². The number of carboxylic acid groups (broad SMARTS) is 1. The summed E-state index contributed by atoms with van der Waals surface area (Å²) in [7, 11) is 1.55. The van der Waals surface area contributed by atoms with E-state index in [2.05, 4.69) is 0 Å². The first-order valence-electron chi connectivity index (χ1n) is 6.25. The Morgan fingerprint density at radius 2 is 2.06 bits per heavy atom. The second-order valence-electron chi connectivity index (χ2n) is 4.63. The van der Waals surface area contributed by atoms with Crippen LogP contribution >= 0.6 is 0 Å². The quantitative estimate of drug-likeness (QED) is 0.872. The zero-order valence-electron chi connectivity index (χ0n) is 10.5. The van der Waals surface area contributed by atoms with Crippen molar-refractivity contribution in [2.24, 2.45) is 5.92 Å². The highest BCUT2D eigenvalue weighted by Gasteiger charge is 2.17. The molecule has 1 aliphatic rings. The van der Waals surface area contributed by atoms with Crippen molar-refractivity contribution in [2.75, 3.05) is 13.7 Å². The molecule has 0 aliphatic heterocycles. The average Bonchev–Trinajstić information content (AvgIpc) is 2.89. The lowest BCUT2D eigenvalue weighted by molar-refractivity contribution is 0.0696. The van der Waals surface area contributed by atoms with Crippen molar-refractivity contribution in [3.05, 3.63) is 23.8 Å². The lowest BCUT2D eigenvalue weighted by Gasteiger charge is -2.14. The first-order chi connectivity index (χ1) is 8.70. The Morgan fingerprint density at radius 3 is 2.67 bits per heavy atom. The van der Waals surface area contributed by atoms with Crippen LogP contribution in [0.1, 0.15) is 36.0 Å². The van der Waals surface area contributed by atoms with E-state index in [0.29, 0.717) is 24.0 Å². The van der Waals surface area contributed by atoms with Gasteiger partial charge in [0.05, 0.1) is 19.3 Å². The van der Waals surface area contributed by atoms with E-state index in [0.717, 1.165) is 0 Å². The molecule has 4 heteroatoms. The average molecular weight is 250 g/mol. The molecule has 1 fully saturated rings. The van der Waals surface area contributed by atoms with Crippen LogP contribution in [-0.4, -0.2) is 24.8 Å².